The van der Waals surface area contributed by atoms with Crippen molar-refractivity contribution in [2.75, 3.05) is 11.1 Å². The van der Waals surface area contributed by atoms with Gasteiger partial charge in [0.2, 0.25) is 5.91 Å². The van der Waals surface area contributed by atoms with Crippen LogP contribution in [0.5, 0.6) is 0 Å². The van der Waals surface area contributed by atoms with E-state index in [1.807, 2.05) is 30.3 Å². The summed E-state index contributed by atoms with van der Waals surface area (Å²) < 4.78 is 5.07. The van der Waals surface area contributed by atoms with Crippen molar-refractivity contribution in [1.29, 1.82) is 0 Å². The van der Waals surface area contributed by atoms with Gasteiger partial charge in [-0.2, -0.15) is 4.37 Å². The van der Waals surface area contributed by atoms with Gasteiger partial charge in [-0.1, -0.05) is 42.1 Å². The zero-order valence-electron chi connectivity index (χ0n) is 13.4. The van der Waals surface area contributed by atoms with Crippen LogP contribution in [-0.4, -0.2) is 26.8 Å². The van der Waals surface area contributed by atoms with Crippen LogP contribution in [0.2, 0.25) is 0 Å². The van der Waals surface area contributed by atoms with Gasteiger partial charge in [0, 0.05) is 16.8 Å². The zero-order valence-corrected chi connectivity index (χ0v) is 15.1. The molecule has 0 spiro atoms. The number of Topliss-reactive ketones (excluding diaryl/α,β-unsaturated/α-hetero) is 1. The highest BCUT2D eigenvalue weighted by molar-refractivity contribution is 8.01. The number of hydrogen-bond donors (Lipinski definition) is 1. The Morgan fingerprint density at radius 3 is 2.48 bits per heavy atom. The number of carbonyl (C=O) groups excluding carboxylic acids is 2. The van der Waals surface area contributed by atoms with Crippen molar-refractivity contribution in [3.8, 4) is 11.4 Å². The minimum atomic E-state index is -0.128. The number of benzene rings is 2. The number of aromatic nitrogens is 2. The Morgan fingerprint density at radius 1 is 1.08 bits per heavy atom. The molecule has 0 atom stereocenters. The van der Waals surface area contributed by atoms with Gasteiger partial charge in [0.25, 0.3) is 0 Å². The summed E-state index contributed by atoms with van der Waals surface area (Å²) in [4.78, 5) is 27.7. The van der Waals surface area contributed by atoms with Gasteiger partial charge >= 0.3 is 0 Å². The van der Waals surface area contributed by atoms with Crippen LogP contribution in [0, 0.1) is 0 Å². The van der Waals surface area contributed by atoms with Crippen LogP contribution in [0.1, 0.15) is 17.3 Å². The molecule has 0 aliphatic carbocycles. The predicted molar refractivity (Wildman–Crippen MR) is 101 cm³/mol. The lowest BCUT2D eigenvalue weighted by Crippen LogP contribution is -2.14. The third kappa shape index (κ3) is 4.74. The predicted octanol–water partition coefficient (Wildman–Crippen LogP) is 4.14. The first-order chi connectivity index (χ1) is 12.1. The van der Waals surface area contributed by atoms with E-state index in [0.717, 1.165) is 9.90 Å². The van der Waals surface area contributed by atoms with Crippen LogP contribution in [0.25, 0.3) is 11.4 Å². The SMILES string of the molecule is CC(=O)c1ccc(NC(=O)CSc2nc(-c3ccccc3)ns2)cc1. The Labute approximate surface area is 153 Å². The molecule has 0 fully saturated rings. The first-order valence-corrected chi connectivity index (χ1v) is 9.30. The number of anilines is 1. The normalized spacial score (nSPS) is 10.4. The molecule has 5 nitrogen and oxygen atoms in total. The summed E-state index contributed by atoms with van der Waals surface area (Å²) in [6.07, 6.45) is 0. The van der Waals surface area contributed by atoms with Crippen LogP contribution >= 0.6 is 23.3 Å². The van der Waals surface area contributed by atoms with E-state index in [1.165, 1.54) is 30.2 Å². The number of nitrogens with zero attached hydrogens (tertiary/aromatic N) is 2. The van der Waals surface area contributed by atoms with Gasteiger partial charge in [0.15, 0.2) is 15.9 Å². The number of amides is 1. The molecule has 0 saturated heterocycles. The van der Waals surface area contributed by atoms with Crippen LogP contribution < -0.4 is 5.32 Å². The molecule has 0 unspecified atom stereocenters. The smallest absolute Gasteiger partial charge is 0.234 e. The van der Waals surface area contributed by atoms with Crippen molar-refractivity contribution in [2.24, 2.45) is 0 Å². The molecule has 1 N–H and O–H groups in total. The van der Waals surface area contributed by atoms with Crippen molar-refractivity contribution in [3.05, 3.63) is 60.2 Å². The summed E-state index contributed by atoms with van der Waals surface area (Å²) in [6.45, 7) is 1.51. The number of carbonyl (C=O) groups is 2. The second-order valence-corrected chi connectivity index (χ2v) is 7.19. The second kappa shape index (κ2) is 8.04. The van der Waals surface area contributed by atoms with Gasteiger partial charge in [0.05, 0.1) is 5.75 Å². The van der Waals surface area contributed by atoms with Crippen molar-refractivity contribution in [2.45, 2.75) is 11.3 Å². The molecule has 0 bridgehead atoms. The second-order valence-electron chi connectivity index (χ2n) is 5.22. The summed E-state index contributed by atoms with van der Waals surface area (Å²) >= 11 is 2.63. The largest absolute Gasteiger partial charge is 0.325 e. The third-order valence-electron chi connectivity index (χ3n) is 3.34. The van der Waals surface area contributed by atoms with Crippen molar-refractivity contribution in [3.63, 3.8) is 0 Å². The molecule has 1 heterocycles. The Bertz CT molecular complexity index is 877. The maximum atomic E-state index is 12.0. The van der Waals surface area contributed by atoms with Crippen molar-refractivity contribution >= 4 is 40.7 Å². The minimum absolute atomic E-state index is 0.000998. The zero-order chi connectivity index (χ0) is 17.6. The molecule has 3 aromatic rings. The van der Waals surface area contributed by atoms with Gasteiger partial charge in [0.1, 0.15) is 0 Å². The lowest BCUT2D eigenvalue weighted by Gasteiger charge is -2.04. The highest BCUT2D eigenvalue weighted by atomic mass is 32.2. The van der Waals surface area contributed by atoms with Gasteiger partial charge in [-0.05, 0) is 42.7 Å². The van der Waals surface area contributed by atoms with E-state index in [-0.39, 0.29) is 17.4 Å². The van der Waals surface area contributed by atoms with E-state index in [0.29, 0.717) is 17.1 Å². The van der Waals surface area contributed by atoms with Gasteiger partial charge in [-0.25, -0.2) is 4.98 Å². The minimum Gasteiger partial charge on any atom is -0.325 e. The maximum Gasteiger partial charge on any atom is 0.234 e. The summed E-state index contributed by atoms with van der Waals surface area (Å²) in [6, 6.07) is 16.6. The highest BCUT2D eigenvalue weighted by Crippen LogP contribution is 2.25. The first kappa shape index (κ1) is 17.3. The molecular formula is C18H15N3O2S2. The number of ketones is 1. The Hall–Kier alpha value is -2.51. The van der Waals surface area contributed by atoms with Gasteiger partial charge in [-0.15, -0.1) is 0 Å². The number of thioether (sulfide) groups is 1. The number of rotatable bonds is 6. The average molecular weight is 369 g/mol. The highest BCUT2D eigenvalue weighted by Gasteiger charge is 2.10. The maximum absolute atomic E-state index is 12.0. The molecule has 1 amide bonds. The molecule has 7 heteroatoms. The Kier molecular flexibility index (Phi) is 5.57. The standard InChI is InChI=1S/C18H15N3O2S2/c1-12(22)13-7-9-15(10-8-13)19-16(23)11-24-18-20-17(21-25-18)14-5-3-2-4-6-14/h2-10H,11H2,1H3,(H,19,23). The topological polar surface area (TPSA) is 72.0 Å². The number of nitrogens with one attached hydrogen (secondary N) is 1. The van der Waals surface area contributed by atoms with E-state index >= 15 is 0 Å². The molecule has 3 rings (SSSR count). The Balaban J connectivity index is 1.54. The average Bonchev–Trinajstić information content (AvgIpc) is 3.10. The summed E-state index contributed by atoms with van der Waals surface area (Å²) in [7, 11) is 0. The molecular weight excluding hydrogens is 354 g/mol. The van der Waals surface area contributed by atoms with E-state index < -0.39 is 0 Å². The van der Waals surface area contributed by atoms with Crippen molar-refractivity contribution < 1.29 is 9.59 Å². The monoisotopic (exact) mass is 369 g/mol. The summed E-state index contributed by atoms with van der Waals surface area (Å²) in [5.41, 5.74) is 2.24. The molecule has 126 valence electrons. The molecule has 1 aromatic heterocycles. The lowest BCUT2D eigenvalue weighted by atomic mass is 10.1. The van der Waals surface area contributed by atoms with E-state index in [9.17, 15) is 9.59 Å². The van der Waals surface area contributed by atoms with Crippen molar-refractivity contribution in [1.82, 2.24) is 9.36 Å². The summed E-state index contributed by atoms with van der Waals surface area (Å²) in [5.74, 6) is 0.794. The van der Waals surface area contributed by atoms with Gasteiger partial charge < -0.3 is 5.32 Å². The molecule has 0 saturated carbocycles. The molecule has 0 radical (unpaired) electrons. The van der Waals surface area contributed by atoms with E-state index in [4.69, 9.17) is 0 Å². The number of hydrogen-bond acceptors (Lipinski definition) is 6. The fourth-order valence-corrected chi connectivity index (χ4v) is 3.50. The lowest BCUT2D eigenvalue weighted by molar-refractivity contribution is -0.113. The van der Waals surface area contributed by atoms with Crippen LogP contribution in [0.3, 0.4) is 0 Å². The first-order valence-electron chi connectivity index (χ1n) is 7.54. The van der Waals surface area contributed by atoms with Gasteiger partial charge in [-0.3, -0.25) is 9.59 Å². The third-order valence-corrected chi connectivity index (χ3v) is 5.17. The summed E-state index contributed by atoms with van der Waals surface area (Å²) in [5, 5.41) is 2.80. The molecule has 2 aromatic carbocycles. The van der Waals surface area contributed by atoms with Crippen LogP contribution in [0.4, 0.5) is 5.69 Å². The van der Waals surface area contributed by atoms with Crippen LogP contribution in [-0.2, 0) is 4.79 Å². The molecule has 0 aliphatic rings. The quantitative estimate of drug-likeness (QED) is 0.522. The fourth-order valence-electron chi connectivity index (χ4n) is 2.09. The fraction of sp³-hybridized carbons (Fsp3) is 0.111. The van der Waals surface area contributed by atoms with E-state index in [1.54, 1.807) is 24.3 Å². The molecule has 25 heavy (non-hydrogen) atoms. The van der Waals surface area contributed by atoms with Crippen LogP contribution in [0.15, 0.2) is 58.9 Å². The molecule has 0 aliphatic heterocycles. The Morgan fingerprint density at radius 2 is 1.80 bits per heavy atom. The van der Waals surface area contributed by atoms with E-state index in [2.05, 4.69) is 14.7 Å².